The van der Waals surface area contributed by atoms with Gasteiger partial charge in [-0.3, -0.25) is 0 Å². The molecule has 0 unspecified atom stereocenters. The summed E-state index contributed by atoms with van der Waals surface area (Å²) in [6.07, 6.45) is 16.1. The van der Waals surface area contributed by atoms with E-state index in [1.807, 2.05) is 12.2 Å². The number of hydrogen-bond donors (Lipinski definition) is 0. The maximum atomic E-state index is 3.80. The molecule has 0 aliphatic carbocycles. The van der Waals surface area contributed by atoms with Crippen LogP contribution in [0.4, 0.5) is 0 Å². The van der Waals surface area contributed by atoms with Gasteiger partial charge in [0.15, 0.2) is 0 Å². The molecule has 0 bridgehead atoms. The molecular weight excluding hydrogens is 144 g/mol. The van der Waals surface area contributed by atoms with E-state index in [-0.39, 0.29) is 0 Å². The van der Waals surface area contributed by atoms with Gasteiger partial charge < -0.3 is 0 Å². The number of hydrogen-bond acceptors (Lipinski definition) is 0. The highest BCUT2D eigenvalue weighted by molar-refractivity contribution is 5.08. The Morgan fingerprint density at radius 3 is 2.42 bits per heavy atom. The largest absolute Gasteiger partial charge is 0.0991 e. The summed E-state index contributed by atoms with van der Waals surface area (Å²) in [6, 6.07) is 0. The van der Waals surface area contributed by atoms with Gasteiger partial charge in [0.1, 0.15) is 0 Å². The van der Waals surface area contributed by atoms with E-state index in [0.717, 1.165) is 6.42 Å². The second-order valence-corrected chi connectivity index (χ2v) is 2.75. The Hall–Kier alpha value is -0.780. The smallest absolute Gasteiger partial charge is 0.0348 e. The van der Waals surface area contributed by atoms with Crippen LogP contribution < -0.4 is 0 Å². The standard InChI is InChI=1S/C12H19/c1-3-5-7-9-11-12-10-8-6-4-2/h3,5,7,9,11H,1-2,4,6,8,10,12H2. The van der Waals surface area contributed by atoms with Crippen LogP contribution in [-0.4, -0.2) is 0 Å². The molecule has 0 aromatic heterocycles. The van der Waals surface area contributed by atoms with E-state index in [4.69, 9.17) is 0 Å². The third-order valence-electron chi connectivity index (χ3n) is 1.62. The normalized spacial score (nSPS) is 11.4. The lowest BCUT2D eigenvalue weighted by atomic mass is 10.1. The van der Waals surface area contributed by atoms with Gasteiger partial charge in [0.05, 0.1) is 0 Å². The van der Waals surface area contributed by atoms with Crippen molar-refractivity contribution in [2.45, 2.75) is 32.1 Å². The van der Waals surface area contributed by atoms with Crippen LogP contribution in [0.15, 0.2) is 37.0 Å². The Kier molecular flexibility index (Phi) is 9.56. The van der Waals surface area contributed by atoms with Crippen molar-refractivity contribution in [3.05, 3.63) is 43.9 Å². The lowest BCUT2D eigenvalue weighted by Crippen LogP contribution is -1.73. The minimum absolute atomic E-state index is 1.07. The van der Waals surface area contributed by atoms with E-state index in [0.29, 0.717) is 0 Å². The minimum atomic E-state index is 1.07. The average Bonchev–Trinajstić information content (AvgIpc) is 2.10. The summed E-state index contributed by atoms with van der Waals surface area (Å²) < 4.78 is 0. The van der Waals surface area contributed by atoms with Gasteiger partial charge in [0.25, 0.3) is 0 Å². The fourth-order valence-electron chi connectivity index (χ4n) is 0.933. The van der Waals surface area contributed by atoms with Crippen LogP contribution in [0.25, 0.3) is 0 Å². The van der Waals surface area contributed by atoms with Crippen LogP contribution in [0, 0.1) is 6.92 Å². The lowest BCUT2D eigenvalue weighted by Gasteiger charge is -1.92. The van der Waals surface area contributed by atoms with Crippen molar-refractivity contribution in [2.24, 2.45) is 0 Å². The Morgan fingerprint density at radius 1 is 0.917 bits per heavy atom. The predicted molar refractivity (Wildman–Crippen MR) is 56.9 cm³/mol. The van der Waals surface area contributed by atoms with Crippen molar-refractivity contribution in [3.8, 4) is 0 Å². The molecule has 0 heteroatoms. The van der Waals surface area contributed by atoms with E-state index in [1.54, 1.807) is 6.08 Å². The lowest BCUT2D eigenvalue weighted by molar-refractivity contribution is 0.695. The van der Waals surface area contributed by atoms with Gasteiger partial charge in [0.2, 0.25) is 0 Å². The Balaban J connectivity index is 3.13. The van der Waals surface area contributed by atoms with E-state index in [9.17, 15) is 0 Å². The van der Waals surface area contributed by atoms with Crippen LogP contribution in [-0.2, 0) is 0 Å². The minimum Gasteiger partial charge on any atom is -0.0991 e. The molecule has 0 heterocycles. The van der Waals surface area contributed by atoms with E-state index >= 15 is 0 Å². The number of unbranched alkanes of at least 4 members (excludes halogenated alkanes) is 4. The summed E-state index contributed by atoms with van der Waals surface area (Å²) in [5, 5.41) is 0. The first kappa shape index (κ1) is 11.2. The summed E-state index contributed by atoms with van der Waals surface area (Å²) in [7, 11) is 0. The van der Waals surface area contributed by atoms with Gasteiger partial charge in [-0.1, -0.05) is 63.1 Å². The molecule has 0 aromatic carbocycles. The van der Waals surface area contributed by atoms with Gasteiger partial charge >= 0.3 is 0 Å². The molecule has 0 nitrogen and oxygen atoms in total. The van der Waals surface area contributed by atoms with Crippen LogP contribution >= 0.6 is 0 Å². The van der Waals surface area contributed by atoms with Crippen LogP contribution in [0.5, 0.6) is 0 Å². The molecule has 0 saturated carbocycles. The summed E-state index contributed by atoms with van der Waals surface area (Å²) in [5.41, 5.74) is 0. The molecule has 0 fully saturated rings. The van der Waals surface area contributed by atoms with Gasteiger partial charge in [-0.15, -0.1) is 0 Å². The zero-order valence-corrected chi connectivity index (χ0v) is 7.84. The number of allylic oxidation sites excluding steroid dienone is 5. The average molecular weight is 163 g/mol. The van der Waals surface area contributed by atoms with Crippen molar-refractivity contribution >= 4 is 0 Å². The fraction of sp³-hybridized carbons (Fsp3) is 0.417. The van der Waals surface area contributed by atoms with Gasteiger partial charge in [-0.25, -0.2) is 0 Å². The predicted octanol–water partition coefficient (Wildman–Crippen LogP) is 4.07. The molecule has 0 aliphatic rings. The molecule has 0 aliphatic heterocycles. The second-order valence-electron chi connectivity index (χ2n) is 2.75. The zero-order chi connectivity index (χ0) is 9.07. The fourth-order valence-corrected chi connectivity index (χ4v) is 0.933. The molecule has 0 atom stereocenters. The molecular formula is C12H19. The van der Waals surface area contributed by atoms with E-state index in [1.165, 1.54) is 25.7 Å². The highest BCUT2D eigenvalue weighted by Gasteiger charge is 1.82. The van der Waals surface area contributed by atoms with Crippen molar-refractivity contribution in [1.82, 2.24) is 0 Å². The first-order chi connectivity index (χ1) is 5.91. The molecule has 0 N–H and O–H groups in total. The van der Waals surface area contributed by atoms with Gasteiger partial charge in [-0.2, -0.15) is 0 Å². The Morgan fingerprint density at radius 2 is 1.75 bits per heavy atom. The molecule has 1 radical (unpaired) electrons. The maximum Gasteiger partial charge on any atom is -0.0348 e. The van der Waals surface area contributed by atoms with Gasteiger partial charge in [-0.05, 0) is 12.8 Å². The van der Waals surface area contributed by atoms with Gasteiger partial charge in [0, 0.05) is 0 Å². The first-order valence-electron chi connectivity index (χ1n) is 4.65. The maximum absolute atomic E-state index is 3.80. The quantitative estimate of drug-likeness (QED) is 0.392. The summed E-state index contributed by atoms with van der Waals surface area (Å²) in [5.74, 6) is 0. The summed E-state index contributed by atoms with van der Waals surface area (Å²) in [6.45, 7) is 7.40. The highest BCUT2D eigenvalue weighted by Crippen LogP contribution is 2.02. The second kappa shape index (κ2) is 10.2. The highest BCUT2D eigenvalue weighted by atomic mass is 13.9. The molecule has 0 spiro atoms. The monoisotopic (exact) mass is 163 g/mol. The zero-order valence-electron chi connectivity index (χ0n) is 7.84. The first-order valence-corrected chi connectivity index (χ1v) is 4.65. The number of rotatable bonds is 7. The van der Waals surface area contributed by atoms with Crippen molar-refractivity contribution in [1.29, 1.82) is 0 Å². The Labute approximate surface area is 76.7 Å². The SMILES string of the molecule is [CH2]CCCCCC=CC=CC=C. The third-order valence-corrected chi connectivity index (χ3v) is 1.62. The Bertz CT molecular complexity index is 140. The molecule has 0 rings (SSSR count). The van der Waals surface area contributed by atoms with Crippen LogP contribution in [0.1, 0.15) is 32.1 Å². The third kappa shape index (κ3) is 9.22. The van der Waals surface area contributed by atoms with E-state index in [2.05, 4.69) is 25.7 Å². The van der Waals surface area contributed by atoms with Crippen molar-refractivity contribution < 1.29 is 0 Å². The summed E-state index contributed by atoms with van der Waals surface area (Å²) >= 11 is 0. The van der Waals surface area contributed by atoms with Crippen LogP contribution in [0.2, 0.25) is 0 Å². The molecule has 12 heavy (non-hydrogen) atoms. The molecule has 0 aromatic rings. The van der Waals surface area contributed by atoms with E-state index < -0.39 is 0 Å². The molecule has 67 valence electrons. The molecule has 0 saturated heterocycles. The van der Waals surface area contributed by atoms with Crippen molar-refractivity contribution in [2.75, 3.05) is 0 Å². The molecule has 0 amide bonds. The summed E-state index contributed by atoms with van der Waals surface area (Å²) in [4.78, 5) is 0. The van der Waals surface area contributed by atoms with Crippen LogP contribution in [0.3, 0.4) is 0 Å². The topological polar surface area (TPSA) is 0 Å². The van der Waals surface area contributed by atoms with Crippen molar-refractivity contribution in [3.63, 3.8) is 0 Å².